The van der Waals surface area contributed by atoms with Crippen LogP contribution in [0.1, 0.15) is 27.2 Å². The summed E-state index contributed by atoms with van der Waals surface area (Å²) in [5, 5.41) is 0. The van der Waals surface area contributed by atoms with Gasteiger partial charge in [0.15, 0.2) is 0 Å². The van der Waals surface area contributed by atoms with Gasteiger partial charge in [0, 0.05) is 0 Å². The monoisotopic (exact) mass is 319 g/mol. The predicted octanol–water partition coefficient (Wildman–Crippen LogP) is 1.30. The van der Waals surface area contributed by atoms with Gasteiger partial charge in [0.1, 0.15) is 18.3 Å². The molecule has 0 aromatic heterocycles. The second-order valence-electron chi connectivity index (χ2n) is 5.92. The van der Waals surface area contributed by atoms with Gasteiger partial charge in [-0.3, -0.25) is 4.79 Å². The van der Waals surface area contributed by atoms with Gasteiger partial charge in [-0.05, 0) is 27.2 Å². The van der Waals surface area contributed by atoms with E-state index in [2.05, 4.69) is 4.74 Å². The molecule has 0 N–H and O–H groups in total. The second-order valence-corrected chi connectivity index (χ2v) is 5.92. The van der Waals surface area contributed by atoms with Crippen molar-refractivity contribution in [2.45, 2.75) is 38.8 Å². The lowest BCUT2D eigenvalue weighted by Gasteiger charge is -2.26. The van der Waals surface area contributed by atoms with E-state index in [4.69, 9.17) is 9.47 Å². The zero-order valence-electron chi connectivity index (χ0n) is 13.3. The van der Waals surface area contributed by atoms with E-state index >= 15 is 0 Å². The molecule has 0 bridgehead atoms. The average Bonchev–Trinajstić information content (AvgIpc) is 2.74. The molecule has 1 aliphatic heterocycles. The number of hydrogen-bond donors (Lipinski definition) is 0. The topological polar surface area (TPSA) is 82.1 Å². The minimum atomic E-state index is -1.05. The van der Waals surface area contributed by atoms with Crippen LogP contribution in [-0.2, 0) is 23.8 Å². The van der Waals surface area contributed by atoms with Crippen molar-refractivity contribution in [1.82, 2.24) is 4.90 Å². The standard InChI is InChI=1S/C14H22FNO6/c1-14(2,3)22-13(19)16-10(12(18)20-4)7-9(11(16)17)8-21-6-5-15/h9-10H,5-8H2,1-4H3/t9?,10-/m0/s1. The number of likely N-dealkylation sites (tertiary alicyclic amines) is 1. The van der Waals surface area contributed by atoms with Gasteiger partial charge in [-0.1, -0.05) is 0 Å². The van der Waals surface area contributed by atoms with Crippen molar-refractivity contribution in [2.75, 3.05) is 27.0 Å². The fraction of sp³-hybridized carbons (Fsp3) is 0.786. The first kappa shape index (κ1) is 18.3. The lowest BCUT2D eigenvalue weighted by Crippen LogP contribution is -2.46. The first-order chi connectivity index (χ1) is 10.2. The minimum absolute atomic E-state index is 0.0600. The summed E-state index contributed by atoms with van der Waals surface area (Å²) >= 11 is 0. The Morgan fingerprint density at radius 1 is 1.36 bits per heavy atom. The fourth-order valence-electron chi connectivity index (χ4n) is 2.11. The van der Waals surface area contributed by atoms with Crippen LogP contribution in [-0.4, -0.2) is 61.5 Å². The molecule has 8 heteroatoms. The summed E-state index contributed by atoms with van der Waals surface area (Å²) in [5.41, 5.74) is -0.805. The lowest BCUT2D eigenvalue weighted by molar-refractivity contribution is -0.148. The zero-order valence-corrected chi connectivity index (χ0v) is 13.3. The highest BCUT2D eigenvalue weighted by atomic mass is 19.1. The van der Waals surface area contributed by atoms with Gasteiger partial charge in [0.2, 0.25) is 5.91 Å². The van der Waals surface area contributed by atoms with Crippen LogP contribution >= 0.6 is 0 Å². The van der Waals surface area contributed by atoms with Crippen molar-refractivity contribution in [3.63, 3.8) is 0 Å². The Bertz CT molecular complexity index is 434. The fourth-order valence-corrected chi connectivity index (χ4v) is 2.11. The zero-order chi connectivity index (χ0) is 16.9. The number of alkyl halides is 1. The van der Waals surface area contributed by atoms with Crippen LogP contribution < -0.4 is 0 Å². The summed E-state index contributed by atoms with van der Waals surface area (Å²) in [6.07, 6.45) is -0.835. The molecule has 1 heterocycles. The maximum atomic E-state index is 12.3. The van der Waals surface area contributed by atoms with Crippen molar-refractivity contribution in [3.8, 4) is 0 Å². The third-order valence-corrected chi connectivity index (χ3v) is 3.01. The van der Waals surface area contributed by atoms with E-state index in [1.165, 1.54) is 7.11 Å². The van der Waals surface area contributed by atoms with Gasteiger partial charge >= 0.3 is 12.1 Å². The lowest BCUT2D eigenvalue weighted by atomic mass is 10.1. The molecule has 0 aromatic rings. The van der Waals surface area contributed by atoms with Crippen LogP contribution in [0.15, 0.2) is 0 Å². The van der Waals surface area contributed by atoms with Crippen molar-refractivity contribution in [1.29, 1.82) is 0 Å². The van der Waals surface area contributed by atoms with E-state index in [1.807, 2.05) is 0 Å². The Kier molecular flexibility index (Phi) is 6.28. The van der Waals surface area contributed by atoms with Crippen molar-refractivity contribution in [2.24, 2.45) is 5.92 Å². The molecule has 2 atom stereocenters. The first-order valence-electron chi connectivity index (χ1n) is 6.99. The molecule has 22 heavy (non-hydrogen) atoms. The van der Waals surface area contributed by atoms with Crippen LogP contribution in [0.5, 0.6) is 0 Å². The van der Waals surface area contributed by atoms with Gasteiger partial charge in [-0.2, -0.15) is 0 Å². The van der Waals surface area contributed by atoms with Crippen LogP contribution in [0.4, 0.5) is 9.18 Å². The number of halogens is 1. The molecule has 1 aliphatic rings. The molecular formula is C14H22FNO6. The van der Waals surface area contributed by atoms with E-state index in [9.17, 15) is 18.8 Å². The molecule has 0 aliphatic carbocycles. The van der Waals surface area contributed by atoms with Crippen LogP contribution in [0.25, 0.3) is 0 Å². The number of rotatable bonds is 5. The van der Waals surface area contributed by atoms with Gasteiger partial charge in [0.25, 0.3) is 0 Å². The molecule has 7 nitrogen and oxygen atoms in total. The summed E-state index contributed by atoms with van der Waals surface area (Å²) in [5.74, 6) is -1.99. The molecule has 2 amide bonds. The Morgan fingerprint density at radius 2 is 2.00 bits per heavy atom. The highest BCUT2D eigenvalue weighted by Gasteiger charge is 2.48. The number of nitrogens with zero attached hydrogens (tertiary/aromatic N) is 1. The van der Waals surface area contributed by atoms with Crippen LogP contribution in [0.3, 0.4) is 0 Å². The molecule has 1 saturated heterocycles. The Labute approximate surface area is 128 Å². The van der Waals surface area contributed by atoms with Crippen molar-refractivity contribution in [3.05, 3.63) is 0 Å². The maximum absolute atomic E-state index is 12.3. The Morgan fingerprint density at radius 3 is 2.50 bits per heavy atom. The van der Waals surface area contributed by atoms with E-state index in [0.29, 0.717) is 0 Å². The highest BCUT2D eigenvalue weighted by Crippen LogP contribution is 2.28. The number of carbonyl (C=O) groups excluding carboxylic acids is 3. The van der Waals surface area contributed by atoms with Crippen LogP contribution in [0, 0.1) is 5.92 Å². The number of amides is 2. The molecule has 126 valence electrons. The molecule has 0 spiro atoms. The molecule has 0 saturated carbocycles. The summed E-state index contributed by atoms with van der Waals surface area (Å²) in [7, 11) is 1.17. The molecule has 0 aromatic carbocycles. The van der Waals surface area contributed by atoms with E-state index in [-0.39, 0.29) is 19.6 Å². The molecule has 1 fully saturated rings. The number of carbonyl (C=O) groups is 3. The van der Waals surface area contributed by atoms with E-state index in [1.54, 1.807) is 20.8 Å². The summed E-state index contributed by atoms with van der Waals surface area (Å²) in [4.78, 5) is 37.0. The van der Waals surface area contributed by atoms with Crippen molar-refractivity contribution >= 4 is 18.0 Å². The van der Waals surface area contributed by atoms with Crippen LogP contribution in [0.2, 0.25) is 0 Å². The Balaban J connectivity index is 2.87. The number of esters is 1. The van der Waals surface area contributed by atoms with Gasteiger partial charge in [-0.25, -0.2) is 18.9 Å². The molecule has 0 radical (unpaired) electrons. The first-order valence-corrected chi connectivity index (χ1v) is 6.99. The number of methoxy groups -OCH3 is 1. The summed E-state index contributed by atoms with van der Waals surface area (Å²) in [6, 6.07) is -1.05. The summed E-state index contributed by atoms with van der Waals surface area (Å²) in [6.45, 7) is 4.09. The average molecular weight is 319 g/mol. The number of ether oxygens (including phenoxy) is 3. The normalized spacial score (nSPS) is 21.9. The molecule has 1 rings (SSSR count). The third-order valence-electron chi connectivity index (χ3n) is 3.01. The minimum Gasteiger partial charge on any atom is -0.467 e. The van der Waals surface area contributed by atoms with Crippen molar-refractivity contribution < 1.29 is 33.0 Å². The van der Waals surface area contributed by atoms with Gasteiger partial charge in [-0.15, -0.1) is 0 Å². The Hall–Kier alpha value is -1.70. The second kappa shape index (κ2) is 7.53. The largest absolute Gasteiger partial charge is 0.467 e. The highest BCUT2D eigenvalue weighted by molar-refractivity contribution is 6.00. The predicted molar refractivity (Wildman–Crippen MR) is 73.8 cm³/mol. The molecular weight excluding hydrogens is 297 g/mol. The summed E-state index contributed by atoms with van der Waals surface area (Å²) < 4.78 is 26.8. The molecule has 1 unspecified atom stereocenters. The van der Waals surface area contributed by atoms with Gasteiger partial charge < -0.3 is 14.2 Å². The SMILES string of the molecule is COC(=O)[C@@H]1CC(COCCF)C(=O)N1C(=O)OC(C)(C)C. The third kappa shape index (κ3) is 4.66. The van der Waals surface area contributed by atoms with Gasteiger partial charge in [0.05, 0.1) is 26.2 Å². The van der Waals surface area contributed by atoms with E-state index < -0.39 is 42.2 Å². The number of imide groups is 1. The number of hydrogen-bond acceptors (Lipinski definition) is 6. The van der Waals surface area contributed by atoms with E-state index in [0.717, 1.165) is 4.90 Å². The quantitative estimate of drug-likeness (QED) is 0.561. The smallest absolute Gasteiger partial charge is 0.417 e. The maximum Gasteiger partial charge on any atom is 0.417 e.